The molecular formula is C23H43N3O8. The number of ether oxygens (including phenoxy) is 2. The first-order valence-electron chi connectivity index (χ1n) is 12.5. The number of likely N-dealkylation sites (tertiary alicyclic amines) is 1. The fraction of sp³-hybridized carbons (Fsp3) is 0.913. The normalized spacial score (nSPS) is 29.4. The van der Waals surface area contributed by atoms with Crippen LogP contribution in [0.5, 0.6) is 0 Å². The van der Waals surface area contributed by atoms with Crippen LogP contribution in [0.25, 0.3) is 0 Å². The van der Waals surface area contributed by atoms with Gasteiger partial charge in [-0.15, -0.1) is 0 Å². The van der Waals surface area contributed by atoms with E-state index in [1.165, 1.54) is 6.92 Å². The van der Waals surface area contributed by atoms with Crippen molar-refractivity contribution in [2.75, 3.05) is 39.4 Å². The predicted molar refractivity (Wildman–Crippen MR) is 124 cm³/mol. The summed E-state index contributed by atoms with van der Waals surface area (Å²) in [4.78, 5) is 25.2. The molecule has 0 aliphatic carbocycles. The number of carbonyl (C=O) groups excluding carboxylic acids is 2. The zero-order valence-electron chi connectivity index (χ0n) is 20.2. The van der Waals surface area contributed by atoms with Gasteiger partial charge in [-0.2, -0.15) is 0 Å². The maximum absolute atomic E-state index is 12.0. The molecule has 2 aliphatic rings. The first-order valence-corrected chi connectivity index (χ1v) is 12.5. The van der Waals surface area contributed by atoms with Gasteiger partial charge < -0.3 is 45.4 Å². The van der Waals surface area contributed by atoms with Crippen LogP contribution in [0.3, 0.4) is 0 Å². The Morgan fingerprint density at radius 2 is 1.74 bits per heavy atom. The Balaban J connectivity index is 1.47. The standard InChI is InChI=1S/C23H43N3O8/c1-16(28)25-20-22(32)21(31)18(15-27)34-23(20)33-13-7-3-6-11-24-10-5-2-4-8-19(30)26-12-9-17(29)14-26/h17-18,20-24,27,29,31-32H,2-15H2,1H3,(H,25,28)/t17-,18?,20?,21?,22?,23?/m1/s1. The third kappa shape index (κ3) is 9.73. The smallest absolute Gasteiger partial charge is 0.222 e. The van der Waals surface area contributed by atoms with E-state index >= 15 is 0 Å². The van der Waals surface area contributed by atoms with E-state index in [-0.39, 0.29) is 17.9 Å². The summed E-state index contributed by atoms with van der Waals surface area (Å²) < 4.78 is 11.2. The first kappa shape index (κ1) is 28.9. The number of rotatable bonds is 15. The number of hydrogen-bond acceptors (Lipinski definition) is 9. The fourth-order valence-electron chi connectivity index (χ4n) is 4.30. The summed E-state index contributed by atoms with van der Waals surface area (Å²) >= 11 is 0. The van der Waals surface area contributed by atoms with Gasteiger partial charge in [0.05, 0.1) is 12.7 Å². The average molecular weight is 490 g/mol. The Morgan fingerprint density at radius 1 is 1.03 bits per heavy atom. The molecule has 0 radical (unpaired) electrons. The lowest BCUT2D eigenvalue weighted by Crippen LogP contribution is -2.64. The van der Waals surface area contributed by atoms with Crippen molar-refractivity contribution in [1.29, 1.82) is 0 Å². The monoisotopic (exact) mass is 489 g/mol. The second kappa shape index (κ2) is 15.6. The number of β-amino-alcohol motifs (C(OH)–C–C–N with tert-alkyl or cyclic N) is 1. The molecule has 2 rings (SSSR count). The van der Waals surface area contributed by atoms with E-state index in [2.05, 4.69) is 10.6 Å². The van der Waals surface area contributed by atoms with Crippen LogP contribution in [-0.2, 0) is 19.1 Å². The van der Waals surface area contributed by atoms with Crippen LogP contribution in [0, 0.1) is 0 Å². The van der Waals surface area contributed by atoms with Crippen molar-refractivity contribution in [2.45, 2.75) is 95.0 Å². The van der Waals surface area contributed by atoms with E-state index in [4.69, 9.17) is 9.47 Å². The molecule has 0 aromatic carbocycles. The third-order valence-corrected chi connectivity index (χ3v) is 6.29. The molecule has 6 atom stereocenters. The van der Waals surface area contributed by atoms with Crippen LogP contribution in [-0.4, -0.2) is 113 Å². The topological polar surface area (TPSA) is 161 Å². The molecule has 0 aromatic rings. The predicted octanol–water partition coefficient (Wildman–Crippen LogP) is -1.14. The number of nitrogens with zero attached hydrogens (tertiary/aromatic N) is 1. The van der Waals surface area contributed by atoms with E-state index < -0.39 is 37.3 Å². The number of hydrogen-bond donors (Lipinski definition) is 6. The molecule has 2 saturated heterocycles. The molecule has 5 unspecified atom stereocenters. The second-order valence-electron chi connectivity index (χ2n) is 9.21. The van der Waals surface area contributed by atoms with Crippen molar-refractivity contribution >= 4 is 11.8 Å². The van der Waals surface area contributed by atoms with E-state index in [9.17, 15) is 30.0 Å². The van der Waals surface area contributed by atoms with Gasteiger partial charge in [0.25, 0.3) is 0 Å². The molecule has 11 heteroatoms. The minimum atomic E-state index is -1.31. The summed E-state index contributed by atoms with van der Waals surface area (Å²) in [5.74, 6) is -0.230. The van der Waals surface area contributed by atoms with Gasteiger partial charge in [0.1, 0.15) is 24.4 Å². The average Bonchev–Trinajstić information content (AvgIpc) is 3.25. The largest absolute Gasteiger partial charge is 0.394 e. The van der Waals surface area contributed by atoms with Crippen molar-refractivity contribution in [3.8, 4) is 0 Å². The van der Waals surface area contributed by atoms with Gasteiger partial charge in [-0.1, -0.05) is 6.42 Å². The zero-order chi connectivity index (χ0) is 24.9. The molecule has 2 aliphatic heterocycles. The summed E-state index contributed by atoms with van der Waals surface area (Å²) in [5, 5.41) is 45.0. The minimum absolute atomic E-state index is 0.145. The van der Waals surface area contributed by atoms with Crippen LogP contribution in [0.4, 0.5) is 0 Å². The highest BCUT2D eigenvalue weighted by Crippen LogP contribution is 2.22. The number of carbonyl (C=O) groups is 2. The van der Waals surface area contributed by atoms with E-state index in [0.717, 1.165) is 51.6 Å². The summed E-state index contributed by atoms with van der Waals surface area (Å²) in [5.41, 5.74) is 0. The minimum Gasteiger partial charge on any atom is -0.394 e. The molecule has 34 heavy (non-hydrogen) atoms. The quantitative estimate of drug-likeness (QED) is 0.156. The third-order valence-electron chi connectivity index (χ3n) is 6.29. The Kier molecular flexibility index (Phi) is 13.3. The molecule has 2 fully saturated rings. The Hall–Kier alpha value is -1.34. The summed E-state index contributed by atoms with van der Waals surface area (Å²) in [7, 11) is 0. The van der Waals surface area contributed by atoms with E-state index in [1.807, 2.05) is 0 Å². The SMILES string of the molecule is CC(=O)NC1C(OCCCCCNCCCCCC(=O)N2CC[C@@H](O)C2)OC(CO)C(O)C1O. The lowest BCUT2D eigenvalue weighted by Gasteiger charge is -2.42. The molecule has 198 valence electrons. The molecule has 6 N–H and O–H groups in total. The summed E-state index contributed by atoms with van der Waals surface area (Å²) in [6.07, 6.45) is 1.90. The summed E-state index contributed by atoms with van der Waals surface area (Å²) in [6, 6.07) is -0.908. The highest BCUT2D eigenvalue weighted by molar-refractivity contribution is 5.76. The van der Waals surface area contributed by atoms with Crippen LogP contribution in [0.15, 0.2) is 0 Å². The Bertz CT molecular complexity index is 611. The molecule has 0 bridgehead atoms. The maximum atomic E-state index is 12.0. The number of aliphatic hydroxyl groups is 4. The number of aliphatic hydroxyl groups excluding tert-OH is 4. The van der Waals surface area contributed by atoms with Crippen LogP contribution < -0.4 is 10.6 Å². The van der Waals surface area contributed by atoms with Gasteiger partial charge in [-0.05, 0) is 51.6 Å². The molecule has 2 heterocycles. The van der Waals surface area contributed by atoms with Gasteiger partial charge in [0.15, 0.2) is 6.29 Å². The first-order chi connectivity index (χ1) is 16.3. The molecule has 0 spiro atoms. The Morgan fingerprint density at radius 3 is 2.35 bits per heavy atom. The van der Waals surface area contributed by atoms with Crippen LogP contribution in [0.2, 0.25) is 0 Å². The highest BCUT2D eigenvalue weighted by Gasteiger charge is 2.45. The van der Waals surface area contributed by atoms with Gasteiger partial charge in [-0.3, -0.25) is 9.59 Å². The van der Waals surface area contributed by atoms with Crippen LogP contribution in [0.1, 0.15) is 58.3 Å². The Labute approximate surface area is 201 Å². The molecule has 11 nitrogen and oxygen atoms in total. The summed E-state index contributed by atoms with van der Waals surface area (Å²) in [6.45, 7) is 4.15. The van der Waals surface area contributed by atoms with Crippen molar-refractivity contribution < 1.29 is 39.5 Å². The zero-order valence-corrected chi connectivity index (χ0v) is 20.2. The lowest BCUT2D eigenvalue weighted by molar-refractivity contribution is -0.270. The molecule has 0 saturated carbocycles. The van der Waals surface area contributed by atoms with Crippen molar-refractivity contribution in [3.05, 3.63) is 0 Å². The van der Waals surface area contributed by atoms with Crippen molar-refractivity contribution in [3.63, 3.8) is 0 Å². The number of unbranched alkanes of at least 4 members (excludes halogenated alkanes) is 4. The molecular weight excluding hydrogens is 446 g/mol. The van der Waals surface area contributed by atoms with Gasteiger partial charge in [-0.25, -0.2) is 0 Å². The lowest BCUT2D eigenvalue weighted by atomic mass is 9.97. The van der Waals surface area contributed by atoms with E-state index in [1.54, 1.807) is 4.90 Å². The molecule has 2 amide bonds. The number of amides is 2. The number of nitrogens with one attached hydrogen (secondary N) is 2. The maximum Gasteiger partial charge on any atom is 0.222 e. The second-order valence-corrected chi connectivity index (χ2v) is 9.21. The van der Waals surface area contributed by atoms with Crippen LogP contribution >= 0.6 is 0 Å². The van der Waals surface area contributed by atoms with Gasteiger partial charge in [0.2, 0.25) is 11.8 Å². The van der Waals surface area contributed by atoms with E-state index in [0.29, 0.717) is 32.5 Å². The van der Waals surface area contributed by atoms with Crippen molar-refractivity contribution in [2.24, 2.45) is 0 Å². The highest BCUT2D eigenvalue weighted by atomic mass is 16.7. The molecule has 0 aromatic heterocycles. The van der Waals surface area contributed by atoms with Crippen molar-refractivity contribution in [1.82, 2.24) is 15.5 Å². The van der Waals surface area contributed by atoms with Gasteiger partial charge in [0, 0.05) is 33.0 Å². The van der Waals surface area contributed by atoms with Gasteiger partial charge >= 0.3 is 0 Å². The fourth-order valence-corrected chi connectivity index (χ4v) is 4.30.